The standard InChI is InChI=1S/C14H15ClN2O2S/c15-11-4-2-1-3-10(11)12-7-20-13(17-12)16-8-14(18)5-6-19-9-14/h1-4,7,18H,5-6,8-9H2,(H,16,17)/t14-/m1/s1. The molecule has 106 valence electrons. The third-order valence-electron chi connectivity index (χ3n) is 3.31. The van der Waals surface area contributed by atoms with E-state index in [-0.39, 0.29) is 0 Å². The number of anilines is 1. The maximum atomic E-state index is 10.2. The molecular weight excluding hydrogens is 296 g/mol. The number of benzene rings is 1. The monoisotopic (exact) mass is 310 g/mol. The van der Waals surface area contributed by atoms with Gasteiger partial charge >= 0.3 is 0 Å². The van der Waals surface area contributed by atoms with Crippen molar-refractivity contribution in [3.8, 4) is 11.3 Å². The van der Waals surface area contributed by atoms with Crippen LogP contribution in [0.2, 0.25) is 5.02 Å². The molecule has 3 rings (SSSR count). The van der Waals surface area contributed by atoms with E-state index in [1.54, 1.807) is 0 Å². The zero-order chi connectivity index (χ0) is 14.0. The molecule has 1 aliphatic rings. The molecule has 1 fully saturated rings. The normalized spacial score (nSPS) is 22.1. The molecule has 0 bridgehead atoms. The van der Waals surface area contributed by atoms with Gasteiger partial charge in [0.1, 0.15) is 5.60 Å². The molecule has 0 aliphatic carbocycles. The fourth-order valence-corrected chi connectivity index (χ4v) is 3.07. The number of aliphatic hydroxyl groups is 1. The Kier molecular flexibility index (Phi) is 3.94. The van der Waals surface area contributed by atoms with Crippen LogP contribution < -0.4 is 5.32 Å². The van der Waals surface area contributed by atoms with E-state index in [0.29, 0.717) is 31.2 Å². The largest absolute Gasteiger partial charge is 0.386 e. The number of ether oxygens (including phenoxy) is 1. The predicted molar refractivity (Wildman–Crippen MR) is 81.4 cm³/mol. The van der Waals surface area contributed by atoms with Gasteiger partial charge in [0, 0.05) is 35.5 Å². The summed E-state index contributed by atoms with van der Waals surface area (Å²) in [6, 6.07) is 7.63. The molecule has 2 heterocycles. The van der Waals surface area contributed by atoms with Crippen LogP contribution in [-0.4, -0.2) is 35.5 Å². The molecule has 0 saturated carbocycles. The van der Waals surface area contributed by atoms with Gasteiger partial charge in [-0.15, -0.1) is 11.3 Å². The molecule has 1 aromatic heterocycles. The lowest BCUT2D eigenvalue weighted by atomic mass is 10.0. The summed E-state index contributed by atoms with van der Waals surface area (Å²) in [5.41, 5.74) is 0.982. The van der Waals surface area contributed by atoms with Crippen molar-refractivity contribution in [1.29, 1.82) is 0 Å². The quantitative estimate of drug-likeness (QED) is 0.911. The van der Waals surface area contributed by atoms with Gasteiger partial charge in [-0.1, -0.05) is 29.8 Å². The average Bonchev–Trinajstić information content (AvgIpc) is 3.07. The minimum Gasteiger partial charge on any atom is -0.386 e. The lowest BCUT2D eigenvalue weighted by Gasteiger charge is -2.20. The Balaban J connectivity index is 1.70. The molecule has 1 saturated heterocycles. The molecule has 20 heavy (non-hydrogen) atoms. The van der Waals surface area contributed by atoms with Crippen LogP contribution in [-0.2, 0) is 4.74 Å². The van der Waals surface area contributed by atoms with Crippen molar-refractivity contribution in [2.24, 2.45) is 0 Å². The zero-order valence-corrected chi connectivity index (χ0v) is 12.4. The number of hydrogen-bond donors (Lipinski definition) is 2. The molecule has 0 radical (unpaired) electrons. The Bertz CT molecular complexity index is 596. The number of nitrogens with one attached hydrogen (secondary N) is 1. The molecule has 1 aromatic carbocycles. The maximum absolute atomic E-state index is 10.2. The highest BCUT2D eigenvalue weighted by molar-refractivity contribution is 7.14. The summed E-state index contributed by atoms with van der Waals surface area (Å²) < 4.78 is 5.21. The van der Waals surface area contributed by atoms with Crippen molar-refractivity contribution in [2.75, 3.05) is 25.1 Å². The molecule has 0 spiro atoms. The Hall–Kier alpha value is -1.14. The van der Waals surface area contributed by atoms with E-state index in [0.717, 1.165) is 16.4 Å². The number of nitrogens with zero attached hydrogens (tertiary/aromatic N) is 1. The molecule has 6 heteroatoms. The molecule has 1 aliphatic heterocycles. The average molecular weight is 311 g/mol. The SMILES string of the molecule is O[C@@]1(CNc2nc(-c3ccccc3Cl)cs2)CCOC1. The summed E-state index contributed by atoms with van der Waals surface area (Å²) in [5, 5.41) is 16.8. The molecule has 1 atom stereocenters. The van der Waals surface area contributed by atoms with E-state index < -0.39 is 5.60 Å². The highest BCUT2D eigenvalue weighted by atomic mass is 35.5. The van der Waals surface area contributed by atoms with Gasteiger partial charge in [-0.3, -0.25) is 0 Å². The Morgan fingerprint density at radius 2 is 2.30 bits per heavy atom. The van der Waals surface area contributed by atoms with Crippen molar-refractivity contribution in [3.05, 3.63) is 34.7 Å². The minimum absolute atomic E-state index is 0.378. The number of aromatic nitrogens is 1. The lowest BCUT2D eigenvalue weighted by Crippen LogP contribution is -2.37. The number of rotatable bonds is 4. The highest BCUT2D eigenvalue weighted by Gasteiger charge is 2.32. The molecule has 4 nitrogen and oxygen atoms in total. The fraction of sp³-hybridized carbons (Fsp3) is 0.357. The predicted octanol–water partition coefficient (Wildman–Crippen LogP) is 3.03. The van der Waals surface area contributed by atoms with Crippen molar-refractivity contribution in [3.63, 3.8) is 0 Å². The molecular formula is C14H15ClN2O2S. The van der Waals surface area contributed by atoms with E-state index >= 15 is 0 Å². The van der Waals surface area contributed by atoms with Crippen molar-refractivity contribution >= 4 is 28.1 Å². The Morgan fingerprint density at radius 3 is 3.05 bits per heavy atom. The van der Waals surface area contributed by atoms with Crippen LogP contribution in [0.25, 0.3) is 11.3 Å². The first kappa shape index (κ1) is 13.8. The van der Waals surface area contributed by atoms with E-state index in [4.69, 9.17) is 16.3 Å². The van der Waals surface area contributed by atoms with Gasteiger partial charge in [-0.05, 0) is 6.07 Å². The van der Waals surface area contributed by atoms with E-state index in [1.165, 1.54) is 11.3 Å². The summed E-state index contributed by atoms with van der Waals surface area (Å²) in [6.45, 7) is 1.44. The highest BCUT2D eigenvalue weighted by Crippen LogP contribution is 2.30. The van der Waals surface area contributed by atoms with Gasteiger partial charge in [0.25, 0.3) is 0 Å². The van der Waals surface area contributed by atoms with Crippen molar-refractivity contribution in [2.45, 2.75) is 12.0 Å². The molecule has 2 aromatic rings. The molecule has 2 N–H and O–H groups in total. The number of hydrogen-bond acceptors (Lipinski definition) is 5. The van der Waals surface area contributed by atoms with Gasteiger partial charge in [-0.2, -0.15) is 0 Å². The fourth-order valence-electron chi connectivity index (χ4n) is 2.12. The van der Waals surface area contributed by atoms with Gasteiger partial charge in [0.2, 0.25) is 0 Å². The van der Waals surface area contributed by atoms with Gasteiger partial charge in [0.15, 0.2) is 5.13 Å². The van der Waals surface area contributed by atoms with Crippen LogP contribution in [0.5, 0.6) is 0 Å². The first-order chi connectivity index (χ1) is 9.66. The summed E-state index contributed by atoms with van der Waals surface area (Å²) in [6.07, 6.45) is 0.656. The smallest absolute Gasteiger partial charge is 0.183 e. The van der Waals surface area contributed by atoms with Crippen LogP contribution in [0.15, 0.2) is 29.6 Å². The number of halogens is 1. The summed E-state index contributed by atoms with van der Waals surface area (Å²) >= 11 is 7.66. The second-order valence-electron chi connectivity index (χ2n) is 4.90. The third-order valence-corrected chi connectivity index (χ3v) is 4.43. The topological polar surface area (TPSA) is 54.4 Å². The van der Waals surface area contributed by atoms with E-state index in [1.807, 2.05) is 29.6 Å². The van der Waals surface area contributed by atoms with Crippen LogP contribution in [0, 0.1) is 0 Å². The first-order valence-electron chi connectivity index (χ1n) is 6.41. The van der Waals surface area contributed by atoms with Gasteiger partial charge < -0.3 is 15.2 Å². The van der Waals surface area contributed by atoms with Crippen molar-refractivity contribution in [1.82, 2.24) is 4.98 Å². The summed E-state index contributed by atoms with van der Waals surface area (Å²) in [5.74, 6) is 0. The summed E-state index contributed by atoms with van der Waals surface area (Å²) in [4.78, 5) is 4.50. The van der Waals surface area contributed by atoms with Gasteiger partial charge in [-0.25, -0.2) is 4.98 Å². The first-order valence-corrected chi connectivity index (χ1v) is 7.66. The van der Waals surface area contributed by atoms with Gasteiger partial charge in [0.05, 0.1) is 12.3 Å². The summed E-state index contributed by atoms with van der Waals surface area (Å²) in [7, 11) is 0. The minimum atomic E-state index is -0.782. The Labute approximate surface area is 126 Å². The van der Waals surface area contributed by atoms with Crippen LogP contribution in [0.3, 0.4) is 0 Å². The maximum Gasteiger partial charge on any atom is 0.183 e. The second-order valence-corrected chi connectivity index (χ2v) is 6.16. The van der Waals surface area contributed by atoms with Crippen LogP contribution in [0.1, 0.15) is 6.42 Å². The van der Waals surface area contributed by atoms with Crippen LogP contribution in [0.4, 0.5) is 5.13 Å². The zero-order valence-electron chi connectivity index (χ0n) is 10.8. The van der Waals surface area contributed by atoms with E-state index in [9.17, 15) is 5.11 Å². The number of thiazole rings is 1. The Morgan fingerprint density at radius 1 is 1.45 bits per heavy atom. The molecule has 0 unspecified atom stereocenters. The third kappa shape index (κ3) is 2.96. The second kappa shape index (κ2) is 5.69. The van der Waals surface area contributed by atoms with Crippen molar-refractivity contribution < 1.29 is 9.84 Å². The molecule has 0 amide bonds. The van der Waals surface area contributed by atoms with E-state index in [2.05, 4.69) is 10.3 Å². The lowest BCUT2D eigenvalue weighted by molar-refractivity contribution is 0.0382. The van der Waals surface area contributed by atoms with Crippen LogP contribution >= 0.6 is 22.9 Å².